The van der Waals surface area contributed by atoms with E-state index in [1.807, 2.05) is 6.92 Å². The minimum absolute atomic E-state index is 0.0239. The van der Waals surface area contributed by atoms with Crippen LogP contribution < -0.4 is 14.8 Å². The van der Waals surface area contributed by atoms with Crippen LogP contribution in [0.25, 0.3) is 10.7 Å². The summed E-state index contributed by atoms with van der Waals surface area (Å²) >= 11 is 1.20. The fraction of sp³-hybridized carbons (Fsp3) is 0.500. The number of carbonyl (C=O) groups is 1. The average Bonchev–Trinajstić information content (AvgIpc) is 3.56. The number of ether oxygens (including phenoxy) is 2. The Labute approximate surface area is 223 Å². The number of thiazole rings is 1. The molecule has 3 aromatic rings. The summed E-state index contributed by atoms with van der Waals surface area (Å²) in [4.78, 5) is 35.5. The van der Waals surface area contributed by atoms with Crippen molar-refractivity contribution in [2.75, 3.05) is 11.3 Å². The van der Waals surface area contributed by atoms with Gasteiger partial charge in [0, 0.05) is 18.9 Å². The van der Waals surface area contributed by atoms with E-state index in [1.165, 1.54) is 30.1 Å². The number of anilines is 1. The Bertz CT molecular complexity index is 1450. The quantitative estimate of drug-likeness (QED) is 0.401. The van der Waals surface area contributed by atoms with Gasteiger partial charge in [0.2, 0.25) is 15.9 Å². The van der Waals surface area contributed by atoms with Crippen LogP contribution in [0.5, 0.6) is 5.88 Å². The van der Waals surface area contributed by atoms with Gasteiger partial charge in [-0.1, -0.05) is 0 Å². The van der Waals surface area contributed by atoms with Crippen LogP contribution in [0.1, 0.15) is 60.8 Å². The van der Waals surface area contributed by atoms with Gasteiger partial charge in [0.25, 0.3) is 5.91 Å². The Kier molecular flexibility index (Phi) is 6.48. The summed E-state index contributed by atoms with van der Waals surface area (Å²) in [7, 11) is -3.49. The molecule has 3 aromatic heterocycles. The zero-order chi connectivity index (χ0) is 26.3. The van der Waals surface area contributed by atoms with E-state index in [2.05, 4.69) is 35.0 Å². The Morgan fingerprint density at radius 2 is 1.92 bits per heavy atom. The molecule has 6 rings (SSSR count). The van der Waals surface area contributed by atoms with E-state index in [-0.39, 0.29) is 29.2 Å². The summed E-state index contributed by atoms with van der Waals surface area (Å²) < 4.78 is 39.1. The largest absolute Gasteiger partial charge is 0.477 e. The molecule has 1 unspecified atom stereocenters. The first-order valence-electron chi connectivity index (χ1n) is 12.6. The van der Waals surface area contributed by atoms with Gasteiger partial charge in [-0.25, -0.2) is 28.4 Å². The molecule has 14 heteroatoms. The van der Waals surface area contributed by atoms with E-state index in [1.54, 1.807) is 12.3 Å². The number of hydrogen-bond acceptors (Lipinski definition) is 11. The van der Waals surface area contributed by atoms with Crippen molar-refractivity contribution in [3.8, 4) is 16.6 Å². The smallest absolute Gasteiger partial charge is 0.263 e. The Hall–Kier alpha value is -3.23. The molecule has 3 fully saturated rings. The lowest BCUT2D eigenvalue weighted by atomic mass is 9.82. The minimum Gasteiger partial charge on any atom is -0.477 e. The van der Waals surface area contributed by atoms with Gasteiger partial charge in [0.15, 0.2) is 0 Å². The molecule has 2 aliphatic heterocycles. The monoisotopic (exact) mass is 557 g/mol. The van der Waals surface area contributed by atoms with Crippen LogP contribution in [0.4, 0.5) is 5.82 Å². The second-order valence-electron chi connectivity index (χ2n) is 9.74. The van der Waals surface area contributed by atoms with Crippen molar-refractivity contribution < 1.29 is 22.7 Å². The fourth-order valence-corrected chi connectivity index (χ4v) is 7.14. The molecule has 0 aromatic carbocycles. The number of hydrogen-bond donors (Lipinski definition) is 2. The lowest BCUT2D eigenvalue weighted by molar-refractivity contribution is -0.0399. The number of aromatic nitrogens is 5. The third-order valence-electron chi connectivity index (χ3n) is 6.92. The first kappa shape index (κ1) is 25.1. The minimum atomic E-state index is -3.49. The molecule has 5 heterocycles. The number of nitrogens with zero attached hydrogens (tertiary/aromatic N) is 5. The van der Waals surface area contributed by atoms with Crippen molar-refractivity contribution >= 4 is 33.1 Å². The molecule has 0 spiro atoms. The highest BCUT2D eigenvalue weighted by Crippen LogP contribution is 2.44. The van der Waals surface area contributed by atoms with Gasteiger partial charge in [-0.2, -0.15) is 0 Å². The van der Waals surface area contributed by atoms with Crippen LogP contribution in [-0.4, -0.2) is 63.3 Å². The highest BCUT2D eigenvalue weighted by atomic mass is 32.2. The molecular formula is C24H27N7O5S2. The number of amides is 1. The molecule has 200 valence electrons. The standard InChI is InChI=1S/C24H27N7O5S2/c1-2-35-21-12-25-10-17(29-21)23-26-11-18(37-23)22(32)30-24(8-14-3-4-15(9-24)36-14)19-7-20(28-13-27-19)31-38(33,34)16-5-6-16/h7,10-16H,2-6,8-9H2,1H3,(H,30,32)(H,27,28,31)/t14-,15+,24?. The molecule has 1 amide bonds. The Balaban J connectivity index is 1.28. The summed E-state index contributed by atoms with van der Waals surface area (Å²) in [6.45, 7) is 2.32. The number of carbonyl (C=O) groups excluding carboxylic acids is 1. The van der Waals surface area contributed by atoms with Gasteiger partial charge in [0.1, 0.15) is 27.7 Å². The molecular weight excluding hydrogens is 530 g/mol. The number of sulfonamides is 1. The van der Waals surface area contributed by atoms with E-state index in [0.29, 0.717) is 59.4 Å². The van der Waals surface area contributed by atoms with Crippen molar-refractivity contribution in [2.45, 2.75) is 68.4 Å². The molecule has 1 aliphatic carbocycles. The first-order chi connectivity index (χ1) is 18.3. The zero-order valence-corrected chi connectivity index (χ0v) is 22.3. The highest BCUT2D eigenvalue weighted by molar-refractivity contribution is 7.93. The lowest BCUT2D eigenvalue weighted by Crippen LogP contribution is -2.52. The molecule has 12 nitrogen and oxygen atoms in total. The molecule has 0 radical (unpaired) electrons. The third-order valence-corrected chi connectivity index (χ3v) is 9.78. The third kappa shape index (κ3) is 5.07. The molecule has 2 N–H and O–H groups in total. The molecule has 2 bridgehead atoms. The van der Waals surface area contributed by atoms with Crippen LogP contribution in [0, 0.1) is 0 Å². The number of fused-ring (bicyclic) bond motifs is 2. The molecule has 3 aliphatic rings. The van der Waals surface area contributed by atoms with E-state index >= 15 is 0 Å². The summed E-state index contributed by atoms with van der Waals surface area (Å²) in [5, 5.41) is 3.37. The number of rotatable bonds is 9. The molecule has 38 heavy (non-hydrogen) atoms. The topological polar surface area (TPSA) is 158 Å². The second kappa shape index (κ2) is 9.82. The van der Waals surface area contributed by atoms with Crippen LogP contribution in [0.3, 0.4) is 0 Å². The predicted octanol–water partition coefficient (Wildman–Crippen LogP) is 2.66. The van der Waals surface area contributed by atoms with E-state index in [0.717, 1.165) is 12.8 Å². The molecule has 3 atom stereocenters. The zero-order valence-electron chi connectivity index (χ0n) is 20.7. The highest BCUT2D eigenvalue weighted by Gasteiger charge is 2.48. The maximum atomic E-state index is 13.6. The van der Waals surface area contributed by atoms with Gasteiger partial charge in [-0.15, -0.1) is 11.3 Å². The second-order valence-corrected chi connectivity index (χ2v) is 12.7. The van der Waals surface area contributed by atoms with E-state index < -0.39 is 15.6 Å². The van der Waals surface area contributed by atoms with Crippen molar-refractivity contribution in [1.29, 1.82) is 0 Å². The molecule has 1 saturated carbocycles. The SMILES string of the molecule is CCOc1cncc(-c2ncc(C(=O)NC3(c4cc(NS(=O)(=O)C5CC5)ncn4)C[C@H]4CC[C@@H](C3)O4)s2)n1. The van der Waals surface area contributed by atoms with Crippen molar-refractivity contribution in [2.24, 2.45) is 0 Å². The summed E-state index contributed by atoms with van der Waals surface area (Å²) in [6, 6.07) is 1.62. The maximum Gasteiger partial charge on any atom is 0.263 e. The van der Waals surface area contributed by atoms with Gasteiger partial charge < -0.3 is 14.8 Å². The van der Waals surface area contributed by atoms with Crippen molar-refractivity contribution in [3.63, 3.8) is 0 Å². The van der Waals surface area contributed by atoms with E-state index in [9.17, 15) is 13.2 Å². The Morgan fingerprint density at radius 3 is 2.66 bits per heavy atom. The predicted molar refractivity (Wildman–Crippen MR) is 138 cm³/mol. The van der Waals surface area contributed by atoms with Gasteiger partial charge in [-0.05, 0) is 32.6 Å². The van der Waals surface area contributed by atoms with Crippen LogP contribution in [0.15, 0.2) is 31.0 Å². The molecule has 2 saturated heterocycles. The Morgan fingerprint density at radius 1 is 1.13 bits per heavy atom. The van der Waals surface area contributed by atoms with Crippen LogP contribution in [0.2, 0.25) is 0 Å². The van der Waals surface area contributed by atoms with Crippen LogP contribution in [-0.2, 0) is 20.3 Å². The summed E-state index contributed by atoms with van der Waals surface area (Å²) in [5.74, 6) is 0.282. The average molecular weight is 558 g/mol. The first-order valence-corrected chi connectivity index (χ1v) is 14.9. The van der Waals surface area contributed by atoms with Crippen molar-refractivity contribution in [1.82, 2.24) is 30.2 Å². The van der Waals surface area contributed by atoms with Gasteiger partial charge in [0.05, 0.1) is 53.9 Å². The normalized spacial score (nSPS) is 24.7. The summed E-state index contributed by atoms with van der Waals surface area (Å²) in [6.07, 6.45) is 10.0. The number of nitrogens with one attached hydrogen (secondary N) is 2. The van der Waals surface area contributed by atoms with Gasteiger partial charge >= 0.3 is 0 Å². The maximum absolute atomic E-state index is 13.6. The lowest BCUT2D eigenvalue weighted by Gasteiger charge is -2.40. The summed E-state index contributed by atoms with van der Waals surface area (Å²) in [5.41, 5.74) is 0.222. The van der Waals surface area contributed by atoms with Crippen LogP contribution >= 0.6 is 11.3 Å². The fourth-order valence-electron chi connectivity index (χ4n) is 5.04. The van der Waals surface area contributed by atoms with Gasteiger partial charge in [-0.3, -0.25) is 14.5 Å². The van der Waals surface area contributed by atoms with Crippen molar-refractivity contribution in [3.05, 3.63) is 41.6 Å². The van der Waals surface area contributed by atoms with E-state index in [4.69, 9.17) is 9.47 Å².